The van der Waals surface area contributed by atoms with Gasteiger partial charge in [0.2, 0.25) is 0 Å². The Hall–Kier alpha value is 0.300. The van der Waals surface area contributed by atoms with Gasteiger partial charge in [0, 0.05) is 23.6 Å². The van der Waals surface area contributed by atoms with Crippen LogP contribution in [0, 0.1) is 0 Å². The van der Waals surface area contributed by atoms with Crippen LogP contribution in [0.4, 0.5) is 0 Å². The lowest BCUT2D eigenvalue weighted by Crippen LogP contribution is -2.40. The van der Waals surface area contributed by atoms with Crippen LogP contribution in [0.15, 0.2) is 4.99 Å². The Kier molecular flexibility index (Phi) is 10.3. The van der Waals surface area contributed by atoms with Gasteiger partial charge in [-0.2, -0.15) is 11.8 Å². The number of nitrogens with zero attached hydrogens (tertiary/aromatic N) is 1. The summed E-state index contributed by atoms with van der Waals surface area (Å²) >= 11 is 1.98. The van der Waals surface area contributed by atoms with Gasteiger partial charge >= 0.3 is 0 Å². The van der Waals surface area contributed by atoms with Crippen LogP contribution < -0.4 is 10.6 Å². The molecule has 1 rings (SSSR count). The fourth-order valence-corrected chi connectivity index (χ4v) is 3.95. The third-order valence-electron chi connectivity index (χ3n) is 3.36. The van der Waals surface area contributed by atoms with E-state index in [4.69, 9.17) is 0 Å². The van der Waals surface area contributed by atoms with Crippen molar-refractivity contribution in [3.8, 4) is 0 Å². The lowest BCUT2D eigenvalue weighted by molar-refractivity contribution is 0.595. The molecular formula is C13H28IN3O2S2. The molecule has 0 spiro atoms. The standard InChI is InChI=1S/C13H27N3O2S2.HI/c1-4-14-12(15-8-10-20(17,18)5-2)16-11-13(3)7-6-9-19-13;/h4-11H2,1-3H3,(H2,14,15,16);1H. The first-order chi connectivity index (χ1) is 9.41. The number of sulfone groups is 1. The second-order valence-corrected chi connectivity index (χ2v) is 9.42. The first-order valence-electron chi connectivity index (χ1n) is 7.27. The summed E-state index contributed by atoms with van der Waals surface area (Å²) in [5.41, 5.74) is 0. The van der Waals surface area contributed by atoms with Gasteiger partial charge in [-0.25, -0.2) is 8.42 Å². The van der Waals surface area contributed by atoms with Gasteiger partial charge < -0.3 is 10.6 Å². The highest BCUT2D eigenvalue weighted by Crippen LogP contribution is 2.37. The molecule has 126 valence electrons. The van der Waals surface area contributed by atoms with Crippen LogP contribution in [-0.4, -0.2) is 56.0 Å². The van der Waals surface area contributed by atoms with E-state index in [9.17, 15) is 8.42 Å². The van der Waals surface area contributed by atoms with E-state index in [2.05, 4.69) is 22.5 Å². The molecule has 1 aliphatic rings. The van der Waals surface area contributed by atoms with Crippen LogP contribution in [0.1, 0.15) is 33.6 Å². The lowest BCUT2D eigenvalue weighted by Gasteiger charge is -2.21. The van der Waals surface area contributed by atoms with E-state index < -0.39 is 9.84 Å². The van der Waals surface area contributed by atoms with Gasteiger partial charge in [-0.05, 0) is 32.4 Å². The van der Waals surface area contributed by atoms with E-state index in [-0.39, 0.29) is 40.2 Å². The SMILES string of the molecule is CCNC(=NCC1(C)CCCS1)NCCS(=O)(=O)CC.I. The molecule has 1 heterocycles. The highest BCUT2D eigenvalue weighted by molar-refractivity contribution is 14.0. The Morgan fingerprint density at radius 1 is 1.33 bits per heavy atom. The number of rotatable bonds is 7. The van der Waals surface area contributed by atoms with Gasteiger partial charge in [-0.3, -0.25) is 4.99 Å². The van der Waals surface area contributed by atoms with Crippen LogP contribution in [0.2, 0.25) is 0 Å². The fourth-order valence-electron chi connectivity index (χ4n) is 2.02. The number of guanidine groups is 1. The smallest absolute Gasteiger partial charge is 0.191 e. The summed E-state index contributed by atoms with van der Waals surface area (Å²) in [6.45, 7) is 7.88. The minimum absolute atomic E-state index is 0. The van der Waals surface area contributed by atoms with Crippen molar-refractivity contribution in [3.63, 3.8) is 0 Å². The maximum Gasteiger partial charge on any atom is 0.191 e. The average Bonchev–Trinajstić information content (AvgIpc) is 2.83. The van der Waals surface area contributed by atoms with Crippen molar-refractivity contribution in [1.82, 2.24) is 10.6 Å². The molecule has 1 aliphatic heterocycles. The van der Waals surface area contributed by atoms with Crippen molar-refractivity contribution >= 4 is 51.5 Å². The zero-order valence-corrected chi connectivity index (χ0v) is 17.1. The molecule has 1 atom stereocenters. The van der Waals surface area contributed by atoms with Gasteiger partial charge in [0.05, 0.1) is 12.3 Å². The maximum absolute atomic E-state index is 11.5. The van der Waals surface area contributed by atoms with E-state index in [1.54, 1.807) is 6.92 Å². The zero-order chi connectivity index (χ0) is 15.1. The summed E-state index contributed by atoms with van der Waals surface area (Å²) in [7, 11) is -2.92. The van der Waals surface area contributed by atoms with Crippen molar-refractivity contribution in [3.05, 3.63) is 0 Å². The van der Waals surface area contributed by atoms with Crippen LogP contribution in [0.3, 0.4) is 0 Å². The molecule has 0 amide bonds. The van der Waals surface area contributed by atoms with E-state index in [1.807, 2.05) is 18.7 Å². The summed E-state index contributed by atoms with van der Waals surface area (Å²) in [4.78, 5) is 4.59. The minimum Gasteiger partial charge on any atom is -0.357 e. The van der Waals surface area contributed by atoms with Gasteiger partial charge in [-0.1, -0.05) is 6.92 Å². The van der Waals surface area contributed by atoms with E-state index in [0.717, 1.165) is 13.1 Å². The Bertz CT molecular complexity index is 421. The zero-order valence-electron chi connectivity index (χ0n) is 13.1. The Balaban J connectivity index is 0.00000400. The third-order valence-corrected chi connectivity index (χ3v) is 6.59. The molecule has 1 fully saturated rings. The molecule has 0 aromatic heterocycles. The molecule has 2 N–H and O–H groups in total. The molecule has 1 unspecified atom stereocenters. The summed E-state index contributed by atoms with van der Waals surface area (Å²) in [5, 5.41) is 6.27. The van der Waals surface area contributed by atoms with Crippen molar-refractivity contribution in [1.29, 1.82) is 0 Å². The Morgan fingerprint density at radius 2 is 2.05 bits per heavy atom. The van der Waals surface area contributed by atoms with Gasteiger partial charge in [0.15, 0.2) is 15.8 Å². The van der Waals surface area contributed by atoms with E-state index >= 15 is 0 Å². The number of hydrogen-bond acceptors (Lipinski definition) is 4. The molecule has 1 saturated heterocycles. The van der Waals surface area contributed by atoms with Crippen molar-refractivity contribution in [2.75, 3.05) is 36.9 Å². The Labute approximate surface area is 150 Å². The summed E-state index contributed by atoms with van der Waals surface area (Å²) < 4.78 is 23.1. The average molecular weight is 449 g/mol. The second kappa shape index (κ2) is 10.1. The normalized spacial score (nSPS) is 22.7. The molecule has 0 aliphatic carbocycles. The van der Waals surface area contributed by atoms with Crippen molar-refractivity contribution in [2.45, 2.75) is 38.4 Å². The first kappa shape index (κ1) is 21.3. The van der Waals surface area contributed by atoms with E-state index in [1.165, 1.54) is 18.6 Å². The fraction of sp³-hybridized carbons (Fsp3) is 0.923. The molecule has 0 bridgehead atoms. The predicted octanol–water partition coefficient (Wildman–Crippen LogP) is 1.88. The topological polar surface area (TPSA) is 70.6 Å². The minimum atomic E-state index is -2.92. The summed E-state index contributed by atoms with van der Waals surface area (Å²) in [5.74, 6) is 2.27. The van der Waals surface area contributed by atoms with Crippen LogP contribution in [-0.2, 0) is 9.84 Å². The Morgan fingerprint density at radius 3 is 2.57 bits per heavy atom. The first-order valence-corrected chi connectivity index (χ1v) is 10.1. The van der Waals surface area contributed by atoms with Crippen molar-refractivity contribution in [2.24, 2.45) is 4.99 Å². The summed E-state index contributed by atoms with van der Waals surface area (Å²) in [6, 6.07) is 0. The number of halogens is 1. The lowest BCUT2D eigenvalue weighted by atomic mass is 10.1. The highest BCUT2D eigenvalue weighted by Gasteiger charge is 2.29. The molecule has 0 radical (unpaired) electrons. The maximum atomic E-state index is 11.5. The quantitative estimate of drug-likeness (QED) is 0.353. The van der Waals surface area contributed by atoms with Crippen molar-refractivity contribution < 1.29 is 8.42 Å². The van der Waals surface area contributed by atoms with Gasteiger partial charge in [-0.15, -0.1) is 24.0 Å². The second-order valence-electron chi connectivity index (χ2n) is 5.26. The molecule has 8 heteroatoms. The number of hydrogen-bond donors (Lipinski definition) is 2. The predicted molar refractivity (Wildman–Crippen MR) is 104 cm³/mol. The molecule has 0 aromatic carbocycles. The molecule has 0 aromatic rings. The van der Waals surface area contributed by atoms with Crippen LogP contribution in [0.5, 0.6) is 0 Å². The number of aliphatic imine (C=N–C) groups is 1. The molecule has 21 heavy (non-hydrogen) atoms. The number of thioether (sulfide) groups is 1. The monoisotopic (exact) mass is 449 g/mol. The van der Waals surface area contributed by atoms with E-state index in [0.29, 0.717) is 12.5 Å². The third kappa shape index (κ3) is 8.49. The van der Waals surface area contributed by atoms with Crippen LogP contribution in [0.25, 0.3) is 0 Å². The van der Waals surface area contributed by atoms with Gasteiger partial charge in [0.1, 0.15) is 0 Å². The summed E-state index contributed by atoms with van der Waals surface area (Å²) in [6.07, 6.45) is 2.46. The highest BCUT2D eigenvalue weighted by atomic mass is 127. The van der Waals surface area contributed by atoms with Gasteiger partial charge in [0.25, 0.3) is 0 Å². The largest absolute Gasteiger partial charge is 0.357 e. The number of nitrogens with one attached hydrogen (secondary N) is 2. The van der Waals surface area contributed by atoms with Crippen LogP contribution >= 0.6 is 35.7 Å². The molecule has 5 nitrogen and oxygen atoms in total. The molecular weight excluding hydrogens is 421 g/mol. The molecule has 0 saturated carbocycles.